The highest BCUT2D eigenvalue weighted by molar-refractivity contribution is 6.30. The largest absolute Gasteiger partial charge is 0.371 e. The van der Waals surface area contributed by atoms with Crippen molar-refractivity contribution in [2.75, 3.05) is 0 Å². The van der Waals surface area contributed by atoms with Gasteiger partial charge in [0, 0.05) is 18.1 Å². The fourth-order valence-corrected chi connectivity index (χ4v) is 2.28. The number of halogens is 1. The van der Waals surface area contributed by atoms with Gasteiger partial charge >= 0.3 is 6.03 Å². The molecule has 134 valence electrons. The lowest BCUT2D eigenvalue weighted by Gasteiger charge is -2.19. The van der Waals surface area contributed by atoms with Crippen molar-refractivity contribution in [1.82, 2.24) is 10.6 Å². The third-order valence-electron chi connectivity index (χ3n) is 3.48. The van der Waals surface area contributed by atoms with E-state index in [4.69, 9.17) is 16.3 Å². The Labute approximate surface area is 154 Å². The second-order valence-electron chi connectivity index (χ2n) is 6.88. The van der Waals surface area contributed by atoms with Crippen molar-refractivity contribution in [3.05, 3.63) is 70.2 Å². The fourth-order valence-electron chi connectivity index (χ4n) is 2.16. The molecule has 0 fully saturated rings. The third kappa shape index (κ3) is 7.59. The number of hydrogen-bond acceptors (Lipinski definition) is 2. The highest BCUT2D eigenvalue weighted by Gasteiger charge is 2.10. The van der Waals surface area contributed by atoms with Crippen LogP contribution in [0.1, 0.15) is 37.5 Å². The summed E-state index contributed by atoms with van der Waals surface area (Å²) >= 11 is 5.84. The molecule has 0 unspecified atom stereocenters. The molecule has 5 heteroatoms. The summed E-state index contributed by atoms with van der Waals surface area (Å²) in [6.07, 6.45) is 0. The summed E-state index contributed by atoms with van der Waals surface area (Å²) in [5.74, 6) is 0. The van der Waals surface area contributed by atoms with Gasteiger partial charge in [0.15, 0.2) is 0 Å². The Morgan fingerprint density at radius 3 is 2.20 bits per heavy atom. The Hall–Kier alpha value is -2.04. The van der Waals surface area contributed by atoms with Crippen molar-refractivity contribution >= 4 is 17.6 Å². The lowest BCUT2D eigenvalue weighted by molar-refractivity contribution is -0.0149. The Kier molecular flexibility index (Phi) is 6.85. The molecule has 0 spiro atoms. The van der Waals surface area contributed by atoms with Gasteiger partial charge < -0.3 is 15.4 Å². The van der Waals surface area contributed by atoms with Crippen LogP contribution < -0.4 is 10.6 Å². The highest BCUT2D eigenvalue weighted by atomic mass is 35.5. The summed E-state index contributed by atoms with van der Waals surface area (Å²) in [5.41, 5.74) is 2.96. The first-order valence-corrected chi connectivity index (χ1v) is 8.67. The molecular weight excluding hydrogens is 336 g/mol. The molecule has 4 nitrogen and oxygen atoms in total. The maximum absolute atomic E-state index is 11.9. The molecule has 0 aliphatic heterocycles. The van der Waals surface area contributed by atoms with E-state index < -0.39 is 0 Å². The van der Waals surface area contributed by atoms with Crippen LogP contribution in [-0.2, 0) is 24.4 Å². The Morgan fingerprint density at radius 1 is 0.960 bits per heavy atom. The first-order chi connectivity index (χ1) is 11.8. The molecule has 2 aromatic carbocycles. The summed E-state index contributed by atoms with van der Waals surface area (Å²) in [6.45, 7) is 7.58. The van der Waals surface area contributed by atoms with Crippen molar-refractivity contribution in [3.63, 3.8) is 0 Å². The lowest BCUT2D eigenvalue weighted by atomic mass is 10.1. The molecule has 0 saturated carbocycles. The number of hydrogen-bond donors (Lipinski definition) is 2. The third-order valence-corrected chi connectivity index (χ3v) is 3.73. The van der Waals surface area contributed by atoms with E-state index in [0.29, 0.717) is 24.7 Å². The smallest absolute Gasteiger partial charge is 0.315 e. The van der Waals surface area contributed by atoms with E-state index in [2.05, 4.69) is 10.6 Å². The zero-order valence-electron chi connectivity index (χ0n) is 14.9. The molecule has 0 aromatic heterocycles. The number of nitrogens with one attached hydrogen (secondary N) is 2. The SMILES string of the molecule is CC(C)(C)OCc1cccc(CNC(=O)NCc2ccc(Cl)cc2)c1. The van der Waals surface area contributed by atoms with Gasteiger partial charge in [-0.1, -0.05) is 48.0 Å². The zero-order valence-corrected chi connectivity index (χ0v) is 15.7. The summed E-state index contributed by atoms with van der Waals surface area (Å²) in [5, 5.41) is 6.38. The van der Waals surface area contributed by atoms with Gasteiger partial charge in [-0.05, 0) is 49.6 Å². The maximum Gasteiger partial charge on any atom is 0.315 e. The van der Waals surface area contributed by atoms with Gasteiger partial charge in [-0.2, -0.15) is 0 Å². The average molecular weight is 361 g/mol. The molecule has 0 aliphatic carbocycles. The number of benzene rings is 2. The quantitative estimate of drug-likeness (QED) is 0.787. The van der Waals surface area contributed by atoms with Gasteiger partial charge in [0.2, 0.25) is 0 Å². The normalized spacial score (nSPS) is 11.2. The van der Waals surface area contributed by atoms with Crippen LogP contribution in [0, 0.1) is 0 Å². The summed E-state index contributed by atoms with van der Waals surface area (Å²) in [6, 6.07) is 15.2. The monoisotopic (exact) mass is 360 g/mol. The van der Waals surface area contributed by atoms with E-state index in [1.807, 2.05) is 69.3 Å². The van der Waals surface area contributed by atoms with Gasteiger partial charge in [0.1, 0.15) is 0 Å². The van der Waals surface area contributed by atoms with Crippen LogP contribution in [0.25, 0.3) is 0 Å². The molecule has 2 N–H and O–H groups in total. The van der Waals surface area contributed by atoms with E-state index in [1.54, 1.807) is 0 Å². The Balaban J connectivity index is 1.78. The molecule has 0 aliphatic rings. The number of urea groups is 1. The van der Waals surface area contributed by atoms with Crippen LogP contribution in [0.15, 0.2) is 48.5 Å². The van der Waals surface area contributed by atoms with Crippen molar-refractivity contribution in [1.29, 1.82) is 0 Å². The van der Waals surface area contributed by atoms with E-state index in [-0.39, 0.29) is 11.6 Å². The van der Waals surface area contributed by atoms with Gasteiger partial charge in [-0.25, -0.2) is 4.79 Å². The molecule has 2 amide bonds. The minimum atomic E-state index is -0.203. The molecule has 2 aromatic rings. The minimum absolute atomic E-state index is 0.171. The highest BCUT2D eigenvalue weighted by Crippen LogP contribution is 2.13. The van der Waals surface area contributed by atoms with E-state index >= 15 is 0 Å². The van der Waals surface area contributed by atoms with E-state index in [0.717, 1.165) is 16.7 Å². The molecule has 0 radical (unpaired) electrons. The van der Waals surface area contributed by atoms with Crippen LogP contribution >= 0.6 is 11.6 Å². The first kappa shape index (κ1) is 19.3. The number of rotatable bonds is 6. The van der Waals surface area contributed by atoms with Crippen molar-refractivity contribution < 1.29 is 9.53 Å². The molecular formula is C20H25ClN2O2. The predicted molar refractivity (Wildman–Crippen MR) is 102 cm³/mol. The van der Waals surface area contributed by atoms with Gasteiger partial charge in [0.25, 0.3) is 0 Å². The second kappa shape index (κ2) is 8.88. The summed E-state index contributed by atoms with van der Waals surface area (Å²) in [4.78, 5) is 11.9. The van der Waals surface area contributed by atoms with Crippen LogP contribution in [-0.4, -0.2) is 11.6 Å². The van der Waals surface area contributed by atoms with Crippen molar-refractivity contribution in [3.8, 4) is 0 Å². The fraction of sp³-hybridized carbons (Fsp3) is 0.350. The zero-order chi connectivity index (χ0) is 18.3. The lowest BCUT2D eigenvalue weighted by Crippen LogP contribution is -2.34. The van der Waals surface area contributed by atoms with Crippen molar-refractivity contribution in [2.45, 2.75) is 46.1 Å². The summed E-state index contributed by atoms with van der Waals surface area (Å²) in [7, 11) is 0. The second-order valence-corrected chi connectivity index (χ2v) is 7.32. The first-order valence-electron chi connectivity index (χ1n) is 8.30. The average Bonchev–Trinajstić information content (AvgIpc) is 2.57. The van der Waals surface area contributed by atoms with Gasteiger partial charge in [-0.3, -0.25) is 0 Å². The van der Waals surface area contributed by atoms with Crippen LogP contribution in [0.5, 0.6) is 0 Å². The van der Waals surface area contributed by atoms with Gasteiger partial charge in [0.05, 0.1) is 12.2 Å². The Bertz CT molecular complexity index is 694. The van der Waals surface area contributed by atoms with E-state index in [1.165, 1.54) is 0 Å². The van der Waals surface area contributed by atoms with E-state index in [9.17, 15) is 4.79 Å². The molecule has 0 bridgehead atoms. The van der Waals surface area contributed by atoms with Crippen molar-refractivity contribution in [2.24, 2.45) is 0 Å². The minimum Gasteiger partial charge on any atom is -0.371 e. The predicted octanol–water partition coefficient (Wildman–Crippen LogP) is 4.65. The molecule has 0 atom stereocenters. The van der Waals surface area contributed by atoms with Crippen LogP contribution in [0.3, 0.4) is 0 Å². The molecule has 0 saturated heterocycles. The van der Waals surface area contributed by atoms with Crippen LogP contribution in [0.4, 0.5) is 4.79 Å². The standard InChI is InChI=1S/C20H25ClN2O2/c1-20(2,3)25-14-17-6-4-5-16(11-17)13-23-19(24)22-12-15-7-9-18(21)10-8-15/h4-11H,12-14H2,1-3H3,(H2,22,23,24). The van der Waals surface area contributed by atoms with Gasteiger partial charge in [-0.15, -0.1) is 0 Å². The molecule has 25 heavy (non-hydrogen) atoms. The number of ether oxygens (including phenoxy) is 1. The van der Waals surface area contributed by atoms with Crippen LogP contribution in [0.2, 0.25) is 5.02 Å². The number of carbonyl (C=O) groups is 1. The number of amides is 2. The number of carbonyl (C=O) groups excluding carboxylic acids is 1. The topological polar surface area (TPSA) is 50.4 Å². The summed E-state index contributed by atoms with van der Waals surface area (Å²) < 4.78 is 5.78. The Morgan fingerprint density at radius 2 is 1.56 bits per heavy atom. The maximum atomic E-state index is 11.9. The molecule has 0 heterocycles. The molecule has 2 rings (SSSR count).